The molecule has 1 aliphatic rings. The second-order valence-corrected chi connectivity index (χ2v) is 5.64. The summed E-state index contributed by atoms with van der Waals surface area (Å²) < 4.78 is 0. The molecule has 0 spiro atoms. The fraction of sp³-hybridized carbons (Fsp3) is 1.00. The monoisotopic (exact) mass is 197 g/mol. The highest BCUT2D eigenvalue weighted by atomic mass is 15.1. The van der Waals surface area contributed by atoms with Crippen molar-refractivity contribution in [1.29, 1.82) is 0 Å². The van der Waals surface area contributed by atoms with Crippen molar-refractivity contribution in [3.8, 4) is 0 Å². The van der Waals surface area contributed by atoms with Gasteiger partial charge in [0.2, 0.25) is 0 Å². The molecule has 0 aromatic rings. The first-order chi connectivity index (χ1) is 6.57. The molecule has 0 bridgehead atoms. The summed E-state index contributed by atoms with van der Waals surface area (Å²) in [5.41, 5.74) is 0.584. The van der Waals surface area contributed by atoms with Crippen LogP contribution in [-0.2, 0) is 0 Å². The summed E-state index contributed by atoms with van der Waals surface area (Å²) in [6.07, 6.45) is 5.55. The van der Waals surface area contributed by atoms with Gasteiger partial charge in [-0.1, -0.05) is 34.1 Å². The largest absolute Gasteiger partial charge is 0.303 e. The van der Waals surface area contributed by atoms with E-state index in [1.54, 1.807) is 0 Å². The molecular weight excluding hydrogens is 170 g/mol. The van der Waals surface area contributed by atoms with Gasteiger partial charge in [0.25, 0.3) is 0 Å². The first-order valence-electron chi connectivity index (χ1n) is 6.29. The Morgan fingerprint density at radius 2 is 2.00 bits per heavy atom. The van der Waals surface area contributed by atoms with E-state index in [0.717, 1.165) is 5.92 Å². The predicted octanol–water partition coefficient (Wildman–Crippen LogP) is 3.54. The molecule has 1 fully saturated rings. The molecule has 0 saturated carbocycles. The fourth-order valence-corrected chi connectivity index (χ4v) is 2.75. The highest BCUT2D eigenvalue weighted by Crippen LogP contribution is 2.34. The summed E-state index contributed by atoms with van der Waals surface area (Å²) in [6, 6.07) is 0. The first kappa shape index (κ1) is 12.0. The fourth-order valence-electron chi connectivity index (χ4n) is 2.75. The van der Waals surface area contributed by atoms with Crippen LogP contribution in [0, 0.1) is 11.3 Å². The zero-order chi connectivity index (χ0) is 10.6. The van der Waals surface area contributed by atoms with Gasteiger partial charge in [-0.3, -0.25) is 0 Å². The summed E-state index contributed by atoms with van der Waals surface area (Å²) in [7, 11) is 0. The van der Waals surface area contributed by atoms with Gasteiger partial charge in [-0.2, -0.15) is 0 Å². The van der Waals surface area contributed by atoms with E-state index >= 15 is 0 Å². The molecule has 14 heavy (non-hydrogen) atoms. The average Bonchev–Trinajstić information content (AvgIpc) is 2.11. The molecule has 0 aliphatic carbocycles. The van der Waals surface area contributed by atoms with Crippen LogP contribution >= 0.6 is 0 Å². The second-order valence-electron chi connectivity index (χ2n) is 5.64. The summed E-state index contributed by atoms with van der Waals surface area (Å²) in [4.78, 5) is 2.63. The topological polar surface area (TPSA) is 3.24 Å². The molecule has 0 aromatic heterocycles. The number of rotatable bonds is 2. The van der Waals surface area contributed by atoms with Crippen molar-refractivity contribution in [1.82, 2.24) is 4.90 Å². The lowest BCUT2D eigenvalue weighted by Gasteiger charge is -2.36. The third kappa shape index (κ3) is 3.61. The van der Waals surface area contributed by atoms with Crippen molar-refractivity contribution in [2.24, 2.45) is 11.3 Å². The summed E-state index contributed by atoms with van der Waals surface area (Å²) >= 11 is 0. The van der Waals surface area contributed by atoms with Crippen molar-refractivity contribution in [2.75, 3.05) is 19.6 Å². The Kier molecular flexibility index (Phi) is 4.43. The van der Waals surface area contributed by atoms with Gasteiger partial charge in [-0.05, 0) is 43.7 Å². The third-order valence-corrected chi connectivity index (χ3v) is 3.71. The number of likely N-dealkylation sites (tertiary alicyclic amines) is 1. The molecule has 0 amide bonds. The Hall–Kier alpha value is -0.0400. The Labute approximate surface area is 89.9 Å². The van der Waals surface area contributed by atoms with Crippen LogP contribution in [0.5, 0.6) is 0 Å². The van der Waals surface area contributed by atoms with Crippen molar-refractivity contribution in [3.63, 3.8) is 0 Å². The van der Waals surface area contributed by atoms with Gasteiger partial charge in [0.15, 0.2) is 0 Å². The summed E-state index contributed by atoms with van der Waals surface area (Å²) in [6.45, 7) is 13.4. The molecule has 84 valence electrons. The van der Waals surface area contributed by atoms with Gasteiger partial charge in [0, 0.05) is 6.54 Å². The third-order valence-electron chi connectivity index (χ3n) is 3.71. The van der Waals surface area contributed by atoms with Gasteiger partial charge >= 0.3 is 0 Å². The van der Waals surface area contributed by atoms with Crippen LogP contribution < -0.4 is 0 Å². The van der Waals surface area contributed by atoms with Gasteiger partial charge in [-0.25, -0.2) is 0 Å². The second kappa shape index (κ2) is 5.16. The molecule has 1 heterocycles. The normalized spacial score (nSPS) is 29.6. The minimum Gasteiger partial charge on any atom is -0.303 e. The lowest BCUT2D eigenvalue weighted by Crippen LogP contribution is -2.35. The molecule has 0 N–H and O–H groups in total. The zero-order valence-corrected chi connectivity index (χ0v) is 10.5. The Bertz CT molecular complexity index is 163. The predicted molar refractivity (Wildman–Crippen MR) is 63.5 cm³/mol. The standard InChI is InChI=1S/C13H27N/c1-5-12-10-13(3,4)8-7-9-14(6-2)11-12/h12H,5-11H2,1-4H3. The van der Waals surface area contributed by atoms with Gasteiger partial charge in [0.05, 0.1) is 0 Å². The van der Waals surface area contributed by atoms with Gasteiger partial charge in [0.1, 0.15) is 0 Å². The number of hydrogen-bond acceptors (Lipinski definition) is 1. The van der Waals surface area contributed by atoms with E-state index in [0.29, 0.717) is 5.41 Å². The van der Waals surface area contributed by atoms with E-state index in [2.05, 4.69) is 32.6 Å². The molecule has 0 radical (unpaired) electrons. The maximum absolute atomic E-state index is 2.63. The Balaban J connectivity index is 2.54. The SMILES string of the molecule is CCC1CN(CC)CCCC(C)(C)C1. The van der Waals surface area contributed by atoms with Crippen LogP contribution in [0.25, 0.3) is 0 Å². The highest BCUT2D eigenvalue weighted by molar-refractivity contribution is 4.78. The van der Waals surface area contributed by atoms with Crippen molar-refractivity contribution in [2.45, 2.75) is 53.4 Å². The molecule has 1 unspecified atom stereocenters. The summed E-state index contributed by atoms with van der Waals surface area (Å²) in [5, 5.41) is 0. The molecule has 1 heteroatoms. The highest BCUT2D eigenvalue weighted by Gasteiger charge is 2.25. The van der Waals surface area contributed by atoms with Crippen molar-refractivity contribution < 1.29 is 0 Å². The average molecular weight is 197 g/mol. The first-order valence-corrected chi connectivity index (χ1v) is 6.29. The van der Waals surface area contributed by atoms with Crippen LogP contribution in [0.1, 0.15) is 53.4 Å². The number of nitrogens with zero attached hydrogens (tertiary/aromatic N) is 1. The lowest BCUT2D eigenvalue weighted by molar-refractivity contribution is 0.139. The lowest BCUT2D eigenvalue weighted by atomic mass is 9.77. The molecular formula is C13H27N. The van der Waals surface area contributed by atoms with E-state index < -0.39 is 0 Å². The van der Waals surface area contributed by atoms with Crippen LogP contribution in [0.3, 0.4) is 0 Å². The van der Waals surface area contributed by atoms with Gasteiger partial charge < -0.3 is 4.90 Å². The zero-order valence-electron chi connectivity index (χ0n) is 10.5. The molecule has 1 atom stereocenters. The van der Waals surface area contributed by atoms with Crippen LogP contribution in [0.15, 0.2) is 0 Å². The molecule has 1 rings (SSSR count). The maximum atomic E-state index is 2.63. The minimum absolute atomic E-state index is 0.584. The van der Waals surface area contributed by atoms with Crippen LogP contribution in [0.4, 0.5) is 0 Å². The molecule has 1 aliphatic heterocycles. The van der Waals surface area contributed by atoms with Crippen molar-refractivity contribution in [3.05, 3.63) is 0 Å². The molecule has 1 nitrogen and oxygen atoms in total. The van der Waals surface area contributed by atoms with E-state index in [4.69, 9.17) is 0 Å². The van der Waals surface area contributed by atoms with E-state index in [9.17, 15) is 0 Å². The van der Waals surface area contributed by atoms with Crippen molar-refractivity contribution >= 4 is 0 Å². The van der Waals surface area contributed by atoms with Gasteiger partial charge in [-0.15, -0.1) is 0 Å². The van der Waals surface area contributed by atoms with Crippen LogP contribution in [-0.4, -0.2) is 24.5 Å². The van der Waals surface area contributed by atoms with E-state index in [1.807, 2.05) is 0 Å². The van der Waals surface area contributed by atoms with E-state index in [1.165, 1.54) is 45.3 Å². The Morgan fingerprint density at radius 1 is 1.29 bits per heavy atom. The molecule has 1 saturated heterocycles. The minimum atomic E-state index is 0.584. The summed E-state index contributed by atoms with van der Waals surface area (Å²) in [5.74, 6) is 0.922. The smallest absolute Gasteiger partial charge is 0.000964 e. The maximum Gasteiger partial charge on any atom is 0.000964 e. The Morgan fingerprint density at radius 3 is 2.57 bits per heavy atom. The van der Waals surface area contributed by atoms with Crippen LogP contribution in [0.2, 0.25) is 0 Å². The number of hydrogen-bond donors (Lipinski definition) is 0. The molecule has 0 aromatic carbocycles. The quantitative estimate of drug-likeness (QED) is 0.654. The van der Waals surface area contributed by atoms with E-state index in [-0.39, 0.29) is 0 Å².